The van der Waals surface area contributed by atoms with Gasteiger partial charge in [-0.3, -0.25) is 0 Å². The summed E-state index contributed by atoms with van der Waals surface area (Å²) >= 11 is 2.88. The number of rotatable bonds is 4. The van der Waals surface area contributed by atoms with Gasteiger partial charge in [0, 0.05) is 35.6 Å². The number of sulfonamides is 1. The largest absolute Gasteiger partial charge is 0.346 e. The van der Waals surface area contributed by atoms with Gasteiger partial charge in [-0.05, 0) is 25.5 Å². The molecule has 1 fully saturated rings. The third kappa shape index (κ3) is 2.88. The van der Waals surface area contributed by atoms with Crippen molar-refractivity contribution in [2.75, 3.05) is 18.0 Å². The van der Waals surface area contributed by atoms with Gasteiger partial charge in [0.15, 0.2) is 5.13 Å². The maximum Gasteiger partial charge on any atom is 0.250 e. The van der Waals surface area contributed by atoms with Crippen molar-refractivity contribution in [3.8, 4) is 0 Å². The van der Waals surface area contributed by atoms with E-state index in [2.05, 4.69) is 14.6 Å². The first-order valence-electron chi connectivity index (χ1n) is 6.28. The number of aromatic nitrogens is 1. The zero-order chi connectivity index (χ0) is 14.2. The summed E-state index contributed by atoms with van der Waals surface area (Å²) in [7, 11) is -3.39. The molecule has 108 valence electrons. The highest BCUT2D eigenvalue weighted by molar-refractivity contribution is 7.91. The molecule has 1 unspecified atom stereocenters. The third-order valence-electron chi connectivity index (χ3n) is 3.18. The van der Waals surface area contributed by atoms with E-state index in [4.69, 9.17) is 0 Å². The van der Waals surface area contributed by atoms with Gasteiger partial charge in [-0.2, -0.15) is 0 Å². The van der Waals surface area contributed by atoms with Gasteiger partial charge in [0.05, 0.1) is 0 Å². The summed E-state index contributed by atoms with van der Waals surface area (Å²) in [5, 5.41) is 2.89. The minimum Gasteiger partial charge on any atom is -0.346 e. The highest BCUT2D eigenvalue weighted by atomic mass is 32.2. The Hall–Kier alpha value is -0.960. The fraction of sp³-hybridized carbons (Fsp3) is 0.417. The Bertz CT molecular complexity index is 679. The Kier molecular flexibility index (Phi) is 3.80. The molecule has 0 bridgehead atoms. The summed E-state index contributed by atoms with van der Waals surface area (Å²) < 4.78 is 27.7. The van der Waals surface area contributed by atoms with Crippen molar-refractivity contribution in [3.63, 3.8) is 0 Å². The normalized spacial score (nSPS) is 19.6. The molecule has 1 saturated heterocycles. The smallest absolute Gasteiger partial charge is 0.250 e. The molecular weight excluding hydrogens is 314 g/mol. The van der Waals surface area contributed by atoms with Crippen LogP contribution in [0.1, 0.15) is 11.3 Å². The summed E-state index contributed by atoms with van der Waals surface area (Å²) in [5.74, 6) is 0. The number of nitrogens with one attached hydrogen (secondary N) is 1. The molecule has 5 nitrogen and oxygen atoms in total. The molecule has 0 saturated carbocycles. The average Bonchev–Trinajstić information content (AvgIpc) is 3.06. The molecule has 0 spiro atoms. The number of hydrogen-bond donors (Lipinski definition) is 1. The predicted molar refractivity (Wildman–Crippen MR) is 82.1 cm³/mol. The van der Waals surface area contributed by atoms with Crippen molar-refractivity contribution >= 4 is 37.8 Å². The van der Waals surface area contributed by atoms with Gasteiger partial charge in [0.1, 0.15) is 4.21 Å². The van der Waals surface area contributed by atoms with Gasteiger partial charge in [0.2, 0.25) is 10.0 Å². The molecule has 0 radical (unpaired) electrons. The number of thiophene rings is 1. The Balaban J connectivity index is 1.67. The monoisotopic (exact) mass is 329 g/mol. The van der Waals surface area contributed by atoms with Gasteiger partial charge < -0.3 is 4.90 Å². The highest BCUT2D eigenvalue weighted by Gasteiger charge is 2.28. The molecule has 3 rings (SSSR count). The van der Waals surface area contributed by atoms with Gasteiger partial charge in [0.25, 0.3) is 0 Å². The molecule has 0 amide bonds. The quantitative estimate of drug-likeness (QED) is 0.933. The summed E-state index contributed by atoms with van der Waals surface area (Å²) in [6, 6.07) is 3.44. The van der Waals surface area contributed by atoms with Crippen molar-refractivity contribution in [2.24, 2.45) is 0 Å². The highest BCUT2D eigenvalue weighted by Crippen LogP contribution is 2.25. The second kappa shape index (κ2) is 5.44. The standard InChI is InChI=1S/C12H15N3O2S3/c1-9-2-3-11(19-9)20(16,17)14-10-4-6-15(8-10)12-13-5-7-18-12/h2-3,5,7,10,14H,4,6,8H2,1H3. The lowest BCUT2D eigenvalue weighted by molar-refractivity contribution is 0.563. The van der Waals surface area contributed by atoms with Crippen LogP contribution in [0.15, 0.2) is 27.9 Å². The summed E-state index contributed by atoms with van der Waals surface area (Å²) in [4.78, 5) is 7.38. The molecule has 2 aromatic rings. The molecule has 0 aliphatic carbocycles. The summed E-state index contributed by atoms with van der Waals surface area (Å²) in [5.41, 5.74) is 0. The molecule has 1 aliphatic rings. The van der Waals surface area contributed by atoms with Gasteiger partial charge >= 0.3 is 0 Å². The first-order chi connectivity index (χ1) is 9.54. The van der Waals surface area contributed by atoms with E-state index in [0.717, 1.165) is 23.0 Å². The number of anilines is 1. The van der Waals surface area contributed by atoms with Crippen LogP contribution in [0.3, 0.4) is 0 Å². The van der Waals surface area contributed by atoms with E-state index >= 15 is 0 Å². The summed E-state index contributed by atoms with van der Waals surface area (Å²) in [6.07, 6.45) is 2.58. The average molecular weight is 329 g/mol. The molecule has 20 heavy (non-hydrogen) atoms. The Morgan fingerprint density at radius 1 is 1.45 bits per heavy atom. The van der Waals surface area contributed by atoms with Crippen molar-refractivity contribution in [1.29, 1.82) is 0 Å². The molecule has 0 aromatic carbocycles. The lowest BCUT2D eigenvalue weighted by Gasteiger charge is -2.15. The van der Waals surface area contributed by atoms with Crippen molar-refractivity contribution in [2.45, 2.75) is 23.6 Å². The van der Waals surface area contributed by atoms with Crippen LogP contribution in [0.4, 0.5) is 5.13 Å². The fourth-order valence-electron chi connectivity index (χ4n) is 2.24. The molecule has 1 aliphatic heterocycles. The lowest BCUT2D eigenvalue weighted by Crippen LogP contribution is -2.36. The van der Waals surface area contributed by atoms with Crippen molar-refractivity contribution in [1.82, 2.24) is 9.71 Å². The topological polar surface area (TPSA) is 62.3 Å². The second-order valence-corrected chi connectivity index (χ2v) is 8.83. The fourth-order valence-corrected chi connectivity index (χ4v) is 5.48. The van der Waals surface area contributed by atoms with Crippen LogP contribution < -0.4 is 9.62 Å². The molecule has 3 heterocycles. The minimum absolute atomic E-state index is 0.0497. The van der Waals surface area contributed by atoms with Crippen LogP contribution in [0.25, 0.3) is 0 Å². The van der Waals surface area contributed by atoms with E-state index in [1.165, 1.54) is 11.3 Å². The van der Waals surface area contributed by atoms with Crippen molar-refractivity contribution in [3.05, 3.63) is 28.6 Å². The van der Waals surface area contributed by atoms with Gasteiger partial charge in [-0.1, -0.05) is 0 Å². The van der Waals surface area contributed by atoms with Crippen molar-refractivity contribution < 1.29 is 8.42 Å². The van der Waals surface area contributed by atoms with E-state index in [1.54, 1.807) is 23.6 Å². The molecule has 2 aromatic heterocycles. The number of aryl methyl sites for hydroxylation is 1. The van der Waals surface area contributed by atoms with Crippen LogP contribution in [0.5, 0.6) is 0 Å². The Labute approximate surface area is 126 Å². The summed E-state index contributed by atoms with van der Waals surface area (Å²) in [6.45, 7) is 3.42. The first kappa shape index (κ1) is 14.0. The van der Waals surface area contributed by atoms with Gasteiger partial charge in [-0.25, -0.2) is 18.1 Å². The first-order valence-corrected chi connectivity index (χ1v) is 9.46. The molecule has 1 atom stereocenters. The molecule has 8 heteroatoms. The molecular formula is C12H15N3O2S3. The zero-order valence-electron chi connectivity index (χ0n) is 10.9. The van der Waals surface area contributed by atoms with Crippen LogP contribution in [-0.4, -0.2) is 32.5 Å². The number of thiazole rings is 1. The van der Waals surface area contributed by atoms with E-state index in [1.807, 2.05) is 18.4 Å². The molecule has 1 N–H and O–H groups in total. The van der Waals surface area contributed by atoms with E-state index in [-0.39, 0.29) is 6.04 Å². The maximum absolute atomic E-state index is 12.3. The zero-order valence-corrected chi connectivity index (χ0v) is 13.4. The number of hydrogen-bond acceptors (Lipinski definition) is 6. The predicted octanol–water partition coefficient (Wildman–Crippen LogP) is 2.07. The van der Waals surface area contributed by atoms with E-state index < -0.39 is 10.0 Å². The van der Waals surface area contributed by atoms with Crippen LogP contribution in [0, 0.1) is 6.92 Å². The Morgan fingerprint density at radius 3 is 2.95 bits per heavy atom. The maximum atomic E-state index is 12.3. The van der Waals surface area contributed by atoms with Crippen LogP contribution >= 0.6 is 22.7 Å². The minimum atomic E-state index is -3.39. The van der Waals surface area contributed by atoms with Crippen LogP contribution in [-0.2, 0) is 10.0 Å². The SMILES string of the molecule is Cc1ccc(S(=O)(=O)NC2CCN(c3nccs3)C2)s1. The van der Waals surface area contributed by atoms with E-state index in [9.17, 15) is 8.42 Å². The Morgan fingerprint density at radius 2 is 2.30 bits per heavy atom. The van der Waals surface area contributed by atoms with Gasteiger partial charge in [-0.15, -0.1) is 22.7 Å². The van der Waals surface area contributed by atoms with E-state index in [0.29, 0.717) is 10.8 Å². The lowest BCUT2D eigenvalue weighted by atomic mass is 10.3. The third-order valence-corrected chi connectivity index (χ3v) is 7.03. The van der Waals surface area contributed by atoms with Crippen LogP contribution in [0.2, 0.25) is 0 Å². The second-order valence-electron chi connectivity index (χ2n) is 4.73. The number of nitrogens with zero attached hydrogens (tertiary/aromatic N) is 2.